The van der Waals surface area contributed by atoms with E-state index in [0.29, 0.717) is 0 Å². The Balaban J connectivity index is 3.85. The summed E-state index contributed by atoms with van der Waals surface area (Å²) in [7, 11) is 1.63. The van der Waals surface area contributed by atoms with Crippen LogP contribution in [0.5, 0.6) is 0 Å². The lowest BCUT2D eigenvalue weighted by atomic mass is 10.2. The van der Waals surface area contributed by atoms with Gasteiger partial charge in [-0.2, -0.15) is 0 Å². The van der Waals surface area contributed by atoms with Crippen LogP contribution in [-0.4, -0.2) is 7.11 Å². The molecule has 1 heteroatoms. The van der Waals surface area contributed by atoms with Gasteiger partial charge in [0.15, 0.2) is 0 Å². The fourth-order valence-corrected chi connectivity index (χ4v) is 0.572. The molecule has 0 N–H and O–H groups in total. The highest BCUT2D eigenvalue weighted by Crippen LogP contribution is 2.00. The van der Waals surface area contributed by atoms with E-state index >= 15 is 0 Å². The minimum Gasteiger partial charge on any atom is -0.504 e. The molecule has 0 aromatic heterocycles. The second kappa shape index (κ2) is 6.14. The van der Waals surface area contributed by atoms with Gasteiger partial charge in [0, 0.05) is 0 Å². The number of allylic oxidation sites excluding steroid dienone is 4. The number of methoxy groups -OCH3 is 1. The Kier molecular flexibility index (Phi) is 5.54. The van der Waals surface area contributed by atoms with Crippen LogP contribution in [0, 0.1) is 0 Å². The fourth-order valence-electron chi connectivity index (χ4n) is 0.572. The molecule has 0 heterocycles. The number of hydrogen-bond donors (Lipinski definition) is 0. The molecule has 0 aliphatic rings. The second-order valence-corrected chi connectivity index (χ2v) is 1.86. The van der Waals surface area contributed by atoms with Crippen molar-refractivity contribution < 1.29 is 4.74 Å². The summed E-state index contributed by atoms with van der Waals surface area (Å²) >= 11 is 0. The highest BCUT2D eigenvalue weighted by molar-refractivity contribution is 5.20. The van der Waals surface area contributed by atoms with E-state index in [-0.39, 0.29) is 0 Å². The van der Waals surface area contributed by atoms with Crippen molar-refractivity contribution in [3.05, 3.63) is 36.6 Å². The van der Waals surface area contributed by atoms with Crippen molar-refractivity contribution in [3.63, 3.8) is 0 Å². The van der Waals surface area contributed by atoms with E-state index in [1.165, 1.54) is 5.57 Å². The second-order valence-electron chi connectivity index (χ2n) is 1.86. The Morgan fingerprint density at radius 2 is 2.30 bits per heavy atom. The van der Waals surface area contributed by atoms with Gasteiger partial charge in [0.2, 0.25) is 0 Å². The molecule has 0 saturated carbocycles. The predicted molar refractivity (Wildman–Crippen MR) is 44.7 cm³/mol. The summed E-state index contributed by atoms with van der Waals surface area (Å²) in [5.41, 5.74) is 1.22. The molecule has 0 unspecified atom stereocenters. The van der Waals surface area contributed by atoms with Gasteiger partial charge in [0.25, 0.3) is 0 Å². The van der Waals surface area contributed by atoms with E-state index < -0.39 is 0 Å². The molecule has 0 bridgehead atoms. The molecule has 0 amide bonds. The summed E-state index contributed by atoms with van der Waals surface area (Å²) in [5.74, 6) is 0. The largest absolute Gasteiger partial charge is 0.504 e. The van der Waals surface area contributed by atoms with Crippen LogP contribution in [0.25, 0.3) is 0 Å². The van der Waals surface area contributed by atoms with Crippen molar-refractivity contribution in [2.75, 3.05) is 7.11 Å². The number of rotatable bonds is 4. The highest BCUT2D eigenvalue weighted by Gasteiger charge is 1.80. The standard InChI is InChI=1S/C9H14O/c1-4-9(5-2)7-6-8-10-3/h4,6-8H,1,5H2,2-3H3/b8-6-,9-7+. The molecule has 0 aromatic rings. The van der Waals surface area contributed by atoms with Gasteiger partial charge >= 0.3 is 0 Å². The Bertz CT molecular complexity index is 143. The molecule has 0 rings (SSSR count). The van der Waals surface area contributed by atoms with Gasteiger partial charge in [-0.1, -0.05) is 25.7 Å². The van der Waals surface area contributed by atoms with Crippen LogP contribution in [-0.2, 0) is 4.74 Å². The van der Waals surface area contributed by atoms with E-state index in [2.05, 4.69) is 13.5 Å². The maximum Gasteiger partial charge on any atom is 0.0824 e. The van der Waals surface area contributed by atoms with E-state index in [9.17, 15) is 0 Å². The SMILES string of the molecule is C=C/C(=C\C=C/OC)CC. The van der Waals surface area contributed by atoms with E-state index in [1.807, 2.05) is 18.2 Å². The number of hydrogen-bond acceptors (Lipinski definition) is 1. The zero-order valence-corrected chi connectivity index (χ0v) is 6.63. The normalized spacial score (nSPS) is 12.0. The lowest BCUT2D eigenvalue weighted by molar-refractivity contribution is 0.338. The third-order valence-corrected chi connectivity index (χ3v) is 1.20. The first-order valence-electron chi connectivity index (χ1n) is 3.36. The topological polar surface area (TPSA) is 9.23 Å². The number of ether oxygens (including phenoxy) is 1. The van der Waals surface area contributed by atoms with Crippen LogP contribution >= 0.6 is 0 Å². The molecule has 10 heavy (non-hydrogen) atoms. The van der Waals surface area contributed by atoms with Crippen molar-refractivity contribution in [2.45, 2.75) is 13.3 Å². The molecular weight excluding hydrogens is 124 g/mol. The van der Waals surface area contributed by atoms with Crippen molar-refractivity contribution in [1.82, 2.24) is 0 Å². The summed E-state index contributed by atoms with van der Waals surface area (Å²) in [6, 6.07) is 0. The smallest absolute Gasteiger partial charge is 0.0824 e. The maximum atomic E-state index is 4.72. The van der Waals surface area contributed by atoms with Crippen LogP contribution in [0.4, 0.5) is 0 Å². The van der Waals surface area contributed by atoms with Gasteiger partial charge in [-0.3, -0.25) is 0 Å². The first-order valence-corrected chi connectivity index (χ1v) is 3.36. The average Bonchev–Trinajstić information content (AvgIpc) is 1.99. The lowest BCUT2D eigenvalue weighted by Crippen LogP contribution is -1.70. The fraction of sp³-hybridized carbons (Fsp3) is 0.333. The third-order valence-electron chi connectivity index (χ3n) is 1.20. The molecule has 1 nitrogen and oxygen atoms in total. The summed E-state index contributed by atoms with van der Waals surface area (Å²) < 4.78 is 4.72. The van der Waals surface area contributed by atoms with Gasteiger partial charge in [0.05, 0.1) is 13.4 Å². The van der Waals surface area contributed by atoms with E-state index in [1.54, 1.807) is 13.4 Å². The minimum atomic E-state index is 1.01. The minimum absolute atomic E-state index is 1.01. The molecule has 0 aliphatic carbocycles. The Hall–Kier alpha value is -0.980. The summed E-state index contributed by atoms with van der Waals surface area (Å²) in [6.07, 6.45) is 8.34. The van der Waals surface area contributed by atoms with Gasteiger partial charge in [-0.15, -0.1) is 0 Å². The molecule has 0 saturated heterocycles. The van der Waals surface area contributed by atoms with Crippen molar-refractivity contribution in [3.8, 4) is 0 Å². The van der Waals surface area contributed by atoms with Crippen LogP contribution in [0.2, 0.25) is 0 Å². The molecule has 0 aromatic carbocycles. The molecular formula is C9H14O. The van der Waals surface area contributed by atoms with Gasteiger partial charge in [0.1, 0.15) is 0 Å². The third kappa shape index (κ3) is 3.96. The average molecular weight is 138 g/mol. The summed E-state index contributed by atoms with van der Waals surface area (Å²) in [5, 5.41) is 0. The molecule has 0 radical (unpaired) electrons. The molecule has 0 aliphatic heterocycles. The monoisotopic (exact) mass is 138 g/mol. The van der Waals surface area contributed by atoms with Crippen LogP contribution in [0.1, 0.15) is 13.3 Å². The van der Waals surface area contributed by atoms with Gasteiger partial charge in [-0.25, -0.2) is 0 Å². The van der Waals surface area contributed by atoms with Crippen LogP contribution in [0.3, 0.4) is 0 Å². The van der Waals surface area contributed by atoms with Crippen molar-refractivity contribution in [2.24, 2.45) is 0 Å². The predicted octanol–water partition coefficient (Wildman–Crippen LogP) is 2.67. The summed E-state index contributed by atoms with van der Waals surface area (Å²) in [6.45, 7) is 5.76. The lowest BCUT2D eigenvalue weighted by Gasteiger charge is -1.90. The van der Waals surface area contributed by atoms with Gasteiger partial charge in [-0.05, 0) is 18.1 Å². The molecule has 0 spiro atoms. The first kappa shape index (κ1) is 9.02. The zero-order valence-electron chi connectivity index (χ0n) is 6.63. The summed E-state index contributed by atoms with van der Waals surface area (Å²) in [4.78, 5) is 0. The molecule has 56 valence electrons. The maximum absolute atomic E-state index is 4.72. The Morgan fingerprint density at radius 3 is 2.70 bits per heavy atom. The highest BCUT2D eigenvalue weighted by atomic mass is 16.5. The van der Waals surface area contributed by atoms with Crippen LogP contribution < -0.4 is 0 Å². The Labute approximate surface area is 62.7 Å². The van der Waals surface area contributed by atoms with Crippen LogP contribution in [0.15, 0.2) is 36.6 Å². The first-order chi connectivity index (χ1) is 4.85. The van der Waals surface area contributed by atoms with Crippen molar-refractivity contribution in [1.29, 1.82) is 0 Å². The molecule has 0 atom stereocenters. The Morgan fingerprint density at radius 1 is 1.60 bits per heavy atom. The van der Waals surface area contributed by atoms with Gasteiger partial charge < -0.3 is 4.74 Å². The van der Waals surface area contributed by atoms with E-state index in [0.717, 1.165) is 6.42 Å². The molecule has 0 fully saturated rings. The van der Waals surface area contributed by atoms with Crippen molar-refractivity contribution >= 4 is 0 Å². The zero-order chi connectivity index (χ0) is 7.82. The van der Waals surface area contributed by atoms with E-state index in [4.69, 9.17) is 4.74 Å². The quantitative estimate of drug-likeness (QED) is 0.428.